The molecule has 2 aromatic heterocycles. The third kappa shape index (κ3) is 3.02. The van der Waals surface area contributed by atoms with Crippen LogP contribution in [-0.4, -0.2) is 46.5 Å². The molecule has 0 spiro atoms. The topological polar surface area (TPSA) is 90.6 Å². The number of nitrogens with one attached hydrogen (secondary N) is 1. The molecule has 0 saturated carbocycles. The monoisotopic (exact) mass is 347 g/mol. The lowest BCUT2D eigenvalue weighted by molar-refractivity contribution is 0.0948. The molecule has 0 bridgehead atoms. The van der Waals surface area contributed by atoms with Crippen molar-refractivity contribution in [3.8, 4) is 11.5 Å². The van der Waals surface area contributed by atoms with Gasteiger partial charge in [-0.05, 0) is 19.1 Å². The molecule has 1 amide bonds. The van der Waals surface area contributed by atoms with Crippen molar-refractivity contribution in [2.24, 2.45) is 0 Å². The Hall–Kier alpha value is -2.68. The largest absolute Gasteiger partial charge is 0.496 e. The van der Waals surface area contributed by atoms with Crippen LogP contribution in [0.3, 0.4) is 0 Å². The number of carbonyl (C=O) groups is 1. The number of hydrogen-bond donors (Lipinski definition) is 1. The van der Waals surface area contributed by atoms with Gasteiger partial charge in [0.05, 0.1) is 14.2 Å². The summed E-state index contributed by atoms with van der Waals surface area (Å²) in [5, 5.41) is 16.1. The molecule has 8 nitrogen and oxygen atoms in total. The van der Waals surface area contributed by atoms with Crippen molar-refractivity contribution in [2.45, 2.75) is 13.3 Å². The number of amides is 1. The smallest absolute Gasteiger partial charge is 0.258 e. The zero-order valence-electron chi connectivity index (χ0n) is 13.6. The number of rotatable bonds is 6. The van der Waals surface area contributed by atoms with Gasteiger partial charge in [-0.25, -0.2) is 0 Å². The van der Waals surface area contributed by atoms with Gasteiger partial charge >= 0.3 is 0 Å². The van der Waals surface area contributed by atoms with Crippen molar-refractivity contribution in [1.29, 1.82) is 0 Å². The molecule has 2 heterocycles. The molecule has 0 unspecified atom stereocenters. The summed E-state index contributed by atoms with van der Waals surface area (Å²) in [5.74, 6) is 1.45. The molecular formula is C15H17N5O3S. The summed E-state index contributed by atoms with van der Waals surface area (Å²) in [6.07, 6.45) is 0.608. The molecular weight excluding hydrogens is 330 g/mol. The molecule has 0 aliphatic rings. The average molecular weight is 347 g/mol. The van der Waals surface area contributed by atoms with E-state index in [-0.39, 0.29) is 5.91 Å². The zero-order valence-corrected chi connectivity index (χ0v) is 14.4. The second-order valence-electron chi connectivity index (χ2n) is 4.98. The Bertz CT molecular complexity index is 851. The van der Waals surface area contributed by atoms with E-state index in [1.54, 1.807) is 22.7 Å². The van der Waals surface area contributed by atoms with E-state index in [2.05, 4.69) is 20.6 Å². The fourth-order valence-corrected chi connectivity index (χ4v) is 3.18. The number of benzene rings is 1. The number of fused-ring (bicyclic) bond motifs is 1. The quantitative estimate of drug-likeness (QED) is 0.726. The Morgan fingerprint density at radius 1 is 1.25 bits per heavy atom. The third-order valence-electron chi connectivity index (χ3n) is 3.47. The number of ether oxygens (including phenoxy) is 2. The molecule has 0 aliphatic carbocycles. The van der Waals surface area contributed by atoms with Gasteiger partial charge in [-0.2, -0.15) is 9.61 Å². The van der Waals surface area contributed by atoms with E-state index < -0.39 is 0 Å². The lowest BCUT2D eigenvalue weighted by Gasteiger charge is -2.12. The fourth-order valence-electron chi connectivity index (χ4n) is 2.30. The molecule has 1 aromatic carbocycles. The maximum absolute atomic E-state index is 12.5. The Morgan fingerprint density at radius 3 is 2.58 bits per heavy atom. The predicted molar refractivity (Wildman–Crippen MR) is 89.0 cm³/mol. The highest BCUT2D eigenvalue weighted by molar-refractivity contribution is 7.16. The normalized spacial score (nSPS) is 10.8. The van der Waals surface area contributed by atoms with Crippen molar-refractivity contribution in [1.82, 2.24) is 25.1 Å². The van der Waals surface area contributed by atoms with Crippen LogP contribution in [0, 0.1) is 6.92 Å². The van der Waals surface area contributed by atoms with Gasteiger partial charge in [0.2, 0.25) is 4.96 Å². The summed E-state index contributed by atoms with van der Waals surface area (Å²) in [7, 11) is 3.04. The first-order valence-corrected chi connectivity index (χ1v) is 8.12. The molecule has 24 heavy (non-hydrogen) atoms. The van der Waals surface area contributed by atoms with Crippen LogP contribution in [-0.2, 0) is 6.42 Å². The van der Waals surface area contributed by atoms with Gasteiger partial charge in [-0.1, -0.05) is 17.4 Å². The van der Waals surface area contributed by atoms with Crippen LogP contribution < -0.4 is 14.8 Å². The average Bonchev–Trinajstić information content (AvgIpc) is 3.15. The van der Waals surface area contributed by atoms with Gasteiger partial charge in [0.1, 0.15) is 22.1 Å². The van der Waals surface area contributed by atoms with Crippen LogP contribution in [0.4, 0.5) is 0 Å². The molecule has 3 rings (SSSR count). The summed E-state index contributed by atoms with van der Waals surface area (Å²) in [6, 6.07) is 5.22. The Morgan fingerprint density at radius 2 is 1.96 bits per heavy atom. The second kappa shape index (κ2) is 6.83. The standard InChI is InChI=1S/C15H17N5O3S/c1-9-17-18-15-20(9)19-12(24-15)7-8-16-14(21)13-10(22-2)5-4-6-11(13)23-3/h4-6H,7-8H2,1-3H3,(H,16,21). The SMILES string of the molecule is COc1cccc(OC)c1C(=O)NCCc1nn2c(C)nnc2s1. The van der Waals surface area contributed by atoms with E-state index in [1.807, 2.05) is 6.92 Å². The van der Waals surface area contributed by atoms with Gasteiger partial charge in [-0.3, -0.25) is 4.79 Å². The van der Waals surface area contributed by atoms with Crippen molar-refractivity contribution < 1.29 is 14.3 Å². The van der Waals surface area contributed by atoms with Crippen LogP contribution in [0.5, 0.6) is 11.5 Å². The van der Waals surface area contributed by atoms with Crippen LogP contribution in [0.15, 0.2) is 18.2 Å². The van der Waals surface area contributed by atoms with Crippen molar-refractivity contribution in [3.05, 3.63) is 34.6 Å². The van der Waals surface area contributed by atoms with Crippen LogP contribution in [0.1, 0.15) is 21.2 Å². The maximum Gasteiger partial charge on any atom is 0.258 e. The minimum absolute atomic E-state index is 0.247. The number of aromatic nitrogens is 4. The van der Waals surface area contributed by atoms with Crippen LogP contribution in [0.2, 0.25) is 0 Å². The molecule has 0 aliphatic heterocycles. The summed E-state index contributed by atoms with van der Waals surface area (Å²) in [5.41, 5.74) is 0.386. The molecule has 1 N–H and O–H groups in total. The predicted octanol–water partition coefficient (Wildman–Crippen LogP) is 1.48. The van der Waals surface area contributed by atoms with Gasteiger partial charge in [0, 0.05) is 13.0 Å². The van der Waals surface area contributed by atoms with E-state index in [0.29, 0.717) is 30.0 Å². The van der Waals surface area contributed by atoms with Gasteiger partial charge in [-0.15, -0.1) is 10.2 Å². The lowest BCUT2D eigenvalue weighted by atomic mass is 10.1. The molecule has 3 aromatic rings. The minimum atomic E-state index is -0.247. The first-order chi connectivity index (χ1) is 11.6. The minimum Gasteiger partial charge on any atom is -0.496 e. The van der Waals surface area contributed by atoms with Gasteiger partial charge < -0.3 is 14.8 Å². The number of nitrogens with zero attached hydrogens (tertiary/aromatic N) is 4. The Labute approximate surface area is 142 Å². The van der Waals surface area contributed by atoms with E-state index in [1.165, 1.54) is 25.6 Å². The van der Waals surface area contributed by atoms with Crippen molar-refractivity contribution >= 4 is 22.2 Å². The highest BCUT2D eigenvalue weighted by Crippen LogP contribution is 2.27. The molecule has 126 valence electrons. The first-order valence-electron chi connectivity index (χ1n) is 7.31. The fraction of sp³-hybridized carbons (Fsp3) is 0.333. The first kappa shape index (κ1) is 16.2. The summed E-state index contributed by atoms with van der Waals surface area (Å²) in [4.78, 5) is 13.2. The van der Waals surface area contributed by atoms with Crippen molar-refractivity contribution in [2.75, 3.05) is 20.8 Å². The molecule has 0 radical (unpaired) electrons. The highest BCUT2D eigenvalue weighted by Gasteiger charge is 2.18. The number of aryl methyl sites for hydroxylation is 1. The van der Waals surface area contributed by atoms with Crippen LogP contribution >= 0.6 is 11.3 Å². The Kier molecular flexibility index (Phi) is 4.61. The van der Waals surface area contributed by atoms with E-state index >= 15 is 0 Å². The Balaban J connectivity index is 1.67. The molecule has 0 atom stereocenters. The third-order valence-corrected chi connectivity index (χ3v) is 4.43. The van der Waals surface area contributed by atoms with Crippen LogP contribution in [0.25, 0.3) is 4.96 Å². The van der Waals surface area contributed by atoms with Crippen molar-refractivity contribution in [3.63, 3.8) is 0 Å². The van der Waals surface area contributed by atoms with E-state index in [0.717, 1.165) is 15.8 Å². The van der Waals surface area contributed by atoms with Gasteiger partial charge in [0.25, 0.3) is 5.91 Å². The maximum atomic E-state index is 12.5. The number of methoxy groups -OCH3 is 2. The number of carbonyl (C=O) groups excluding carboxylic acids is 1. The van der Waals surface area contributed by atoms with Gasteiger partial charge in [0.15, 0.2) is 5.82 Å². The summed E-state index contributed by atoms with van der Waals surface area (Å²) in [6.45, 7) is 2.29. The summed E-state index contributed by atoms with van der Waals surface area (Å²) >= 11 is 1.46. The molecule has 0 saturated heterocycles. The van der Waals surface area contributed by atoms with E-state index in [4.69, 9.17) is 9.47 Å². The highest BCUT2D eigenvalue weighted by atomic mass is 32.1. The molecule has 0 fully saturated rings. The zero-order chi connectivity index (χ0) is 17.1. The summed E-state index contributed by atoms with van der Waals surface area (Å²) < 4.78 is 12.2. The second-order valence-corrected chi connectivity index (χ2v) is 6.02. The lowest BCUT2D eigenvalue weighted by Crippen LogP contribution is -2.26. The van der Waals surface area contributed by atoms with E-state index in [9.17, 15) is 4.79 Å². The number of hydrogen-bond acceptors (Lipinski definition) is 7. The molecule has 9 heteroatoms.